The van der Waals surface area contributed by atoms with Crippen LogP contribution in [0.2, 0.25) is 0 Å². The zero-order chi connectivity index (χ0) is 11.6. The highest BCUT2D eigenvalue weighted by Crippen LogP contribution is 2.49. The van der Waals surface area contributed by atoms with Crippen LogP contribution in [0.15, 0.2) is 0 Å². The van der Waals surface area contributed by atoms with Crippen LogP contribution < -0.4 is 5.32 Å². The fraction of sp³-hybridized carbons (Fsp3) is 1.00. The molecule has 1 spiro atoms. The molecule has 1 saturated heterocycles. The summed E-state index contributed by atoms with van der Waals surface area (Å²) in [6, 6.07) is 0.894. The monoisotopic (exact) mass is 224 g/mol. The van der Waals surface area contributed by atoms with Gasteiger partial charge in [0.2, 0.25) is 0 Å². The fourth-order valence-electron chi connectivity index (χ4n) is 3.57. The van der Waals surface area contributed by atoms with Crippen molar-refractivity contribution < 1.29 is 0 Å². The standard InChI is InChI=1S/C14H28N2/c1-4-16(11-12(2)3)13-9-14(10-13)5-7-15-8-6-14/h12-13,15H,4-11H2,1-3H3. The van der Waals surface area contributed by atoms with Crippen LogP contribution in [0.25, 0.3) is 0 Å². The molecule has 1 saturated carbocycles. The Kier molecular flexibility index (Phi) is 3.91. The van der Waals surface area contributed by atoms with E-state index >= 15 is 0 Å². The second-order valence-electron chi connectivity index (χ2n) is 6.29. The summed E-state index contributed by atoms with van der Waals surface area (Å²) >= 11 is 0. The first kappa shape index (κ1) is 12.4. The molecular formula is C14H28N2. The van der Waals surface area contributed by atoms with Crippen molar-refractivity contribution in [2.24, 2.45) is 11.3 Å². The second-order valence-corrected chi connectivity index (χ2v) is 6.29. The predicted molar refractivity (Wildman–Crippen MR) is 69.6 cm³/mol. The molecule has 2 rings (SSSR count). The lowest BCUT2D eigenvalue weighted by Gasteiger charge is -2.54. The van der Waals surface area contributed by atoms with E-state index in [1.165, 1.54) is 51.9 Å². The lowest BCUT2D eigenvalue weighted by atomic mass is 9.60. The number of nitrogens with zero attached hydrogens (tertiary/aromatic N) is 1. The van der Waals surface area contributed by atoms with Crippen LogP contribution >= 0.6 is 0 Å². The largest absolute Gasteiger partial charge is 0.317 e. The van der Waals surface area contributed by atoms with Crippen LogP contribution in [0, 0.1) is 11.3 Å². The molecule has 2 nitrogen and oxygen atoms in total. The maximum absolute atomic E-state index is 3.48. The fourth-order valence-corrected chi connectivity index (χ4v) is 3.57. The summed E-state index contributed by atoms with van der Waals surface area (Å²) in [5, 5.41) is 3.48. The molecule has 2 aliphatic rings. The lowest BCUT2D eigenvalue weighted by molar-refractivity contribution is -0.0225. The van der Waals surface area contributed by atoms with Gasteiger partial charge in [-0.25, -0.2) is 0 Å². The van der Waals surface area contributed by atoms with Gasteiger partial charge in [0.1, 0.15) is 0 Å². The third-order valence-electron chi connectivity index (χ3n) is 4.52. The predicted octanol–water partition coefficient (Wildman–Crippen LogP) is 2.50. The molecule has 0 bridgehead atoms. The van der Waals surface area contributed by atoms with Gasteiger partial charge in [0.25, 0.3) is 0 Å². The van der Waals surface area contributed by atoms with Gasteiger partial charge in [0, 0.05) is 12.6 Å². The van der Waals surface area contributed by atoms with E-state index < -0.39 is 0 Å². The van der Waals surface area contributed by atoms with Gasteiger partial charge in [-0.3, -0.25) is 0 Å². The van der Waals surface area contributed by atoms with E-state index in [2.05, 4.69) is 31.0 Å². The summed E-state index contributed by atoms with van der Waals surface area (Å²) in [6.07, 6.45) is 5.77. The zero-order valence-electron chi connectivity index (χ0n) is 11.3. The van der Waals surface area contributed by atoms with Crippen molar-refractivity contribution in [1.29, 1.82) is 0 Å². The molecule has 0 aromatic rings. The van der Waals surface area contributed by atoms with Gasteiger partial charge in [0.05, 0.1) is 0 Å². The summed E-state index contributed by atoms with van der Waals surface area (Å²) in [5.41, 5.74) is 0.736. The van der Waals surface area contributed by atoms with Crippen molar-refractivity contribution in [3.8, 4) is 0 Å². The van der Waals surface area contributed by atoms with Gasteiger partial charge >= 0.3 is 0 Å². The van der Waals surface area contributed by atoms with Crippen LogP contribution in [0.1, 0.15) is 46.5 Å². The summed E-state index contributed by atoms with van der Waals surface area (Å²) in [4.78, 5) is 2.71. The molecule has 0 aromatic carbocycles. The van der Waals surface area contributed by atoms with Gasteiger partial charge in [0.15, 0.2) is 0 Å². The third kappa shape index (κ3) is 2.60. The van der Waals surface area contributed by atoms with Crippen LogP contribution in [0.4, 0.5) is 0 Å². The smallest absolute Gasteiger partial charge is 0.0106 e. The minimum absolute atomic E-state index is 0.736. The molecule has 1 heterocycles. The minimum atomic E-state index is 0.736. The number of piperidine rings is 1. The molecule has 0 atom stereocenters. The second kappa shape index (κ2) is 5.05. The highest BCUT2D eigenvalue weighted by atomic mass is 15.2. The van der Waals surface area contributed by atoms with Gasteiger partial charge in [-0.05, 0) is 56.7 Å². The number of nitrogens with one attached hydrogen (secondary N) is 1. The number of hydrogen-bond donors (Lipinski definition) is 1. The molecule has 94 valence electrons. The lowest BCUT2D eigenvalue weighted by Crippen LogP contribution is -2.55. The van der Waals surface area contributed by atoms with Crippen LogP contribution in [0.5, 0.6) is 0 Å². The highest BCUT2D eigenvalue weighted by Gasteiger charge is 2.46. The Morgan fingerprint density at radius 3 is 2.38 bits per heavy atom. The Labute approximate surface area is 101 Å². The average molecular weight is 224 g/mol. The van der Waals surface area contributed by atoms with E-state index in [0.717, 1.165) is 17.4 Å². The Morgan fingerprint density at radius 1 is 1.25 bits per heavy atom. The zero-order valence-corrected chi connectivity index (χ0v) is 11.3. The van der Waals surface area contributed by atoms with E-state index in [1.54, 1.807) is 0 Å². The first-order valence-corrected chi connectivity index (χ1v) is 7.10. The Balaban J connectivity index is 1.81. The van der Waals surface area contributed by atoms with Crippen LogP contribution in [-0.2, 0) is 0 Å². The van der Waals surface area contributed by atoms with E-state index in [4.69, 9.17) is 0 Å². The van der Waals surface area contributed by atoms with Gasteiger partial charge < -0.3 is 10.2 Å². The molecule has 0 unspecified atom stereocenters. The Bertz CT molecular complexity index is 211. The first-order valence-electron chi connectivity index (χ1n) is 7.10. The first-order chi connectivity index (χ1) is 7.65. The maximum atomic E-state index is 3.48. The quantitative estimate of drug-likeness (QED) is 0.789. The molecule has 0 radical (unpaired) electrons. The van der Waals surface area contributed by atoms with Crippen molar-refractivity contribution in [3.05, 3.63) is 0 Å². The molecular weight excluding hydrogens is 196 g/mol. The summed E-state index contributed by atoms with van der Waals surface area (Å²) in [6.45, 7) is 12.0. The van der Waals surface area contributed by atoms with Crippen LogP contribution in [0.3, 0.4) is 0 Å². The summed E-state index contributed by atoms with van der Waals surface area (Å²) in [5.74, 6) is 0.810. The molecule has 16 heavy (non-hydrogen) atoms. The van der Waals surface area contributed by atoms with Crippen molar-refractivity contribution in [1.82, 2.24) is 10.2 Å². The van der Waals surface area contributed by atoms with Gasteiger partial charge in [-0.15, -0.1) is 0 Å². The van der Waals surface area contributed by atoms with Crippen molar-refractivity contribution in [2.45, 2.75) is 52.5 Å². The summed E-state index contributed by atoms with van der Waals surface area (Å²) in [7, 11) is 0. The molecule has 1 aliphatic carbocycles. The number of hydrogen-bond acceptors (Lipinski definition) is 2. The topological polar surface area (TPSA) is 15.3 Å². The Hall–Kier alpha value is -0.0800. The SMILES string of the molecule is CCN(CC(C)C)C1CC2(CCNCC2)C1. The Morgan fingerprint density at radius 2 is 1.88 bits per heavy atom. The van der Waals surface area contributed by atoms with E-state index in [9.17, 15) is 0 Å². The average Bonchev–Trinajstić information content (AvgIpc) is 2.23. The van der Waals surface area contributed by atoms with Gasteiger partial charge in [-0.1, -0.05) is 20.8 Å². The highest BCUT2D eigenvalue weighted by molar-refractivity contribution is 5.00. The van der Waals surface area contributed by atoms with E-state index in [-0.39, 0.29) is 0 Å². The molecule has 0 aromatic heterocycles. The molecule has 1 aliphatic heterocycles. The van der Waals surface area contributed by atoms with Gasteiger partial charge in [-0.2, -0.15) is 0 Å². The third-order valence-corrected chi connectivity index (χ3v) is 4.52. The van der Waals surface area contributed by atoms with Crippen molar-refractivity contribution >= 4 is 0 Å². The summed E-state index contributed by atoms with van der Waals surface area (Å²) < 4.78 is 0. The number of rotatable bonds is 4. The van der Waals surface area contributed by atoms with Crippen LogP contribution in [-0.4, -0.2) is 37.1 Å². The molecule has 2 fully saturated rings. The van der Waals surface area contributed by atoms with Crippen molar-refractivity contribution in [3.63, 3.8) is 0 Å². The molecule has 2 heteroatoms. The maximum Gasteiger partial charge on any atom is 0.0106 e. The normalized spacial score (nSPS) is 25.3. The molecule has 1 N–H and O–H groups in total. The van der Waals surface area contributed by atoms with E-state index in [0.29, 0.717) is 0 Å². The molecule has 0 amide bonds. The van der Waals surface area contributed by atoms with Crippen molar-refractivity contribution in [2.75, 3.05) is 26.2 Å². The minimum Gasteiger partial charge on any atom is -0.317 e. The van der Waals surface area contributed by atoms with E-state index in [1.807, 2.05) is 0 Å².